The van der Waals surface area contributed by atoms with E-state index < -0.39 is 0 Å². The van der Waals surface area contributed by atoms with Gasteiger partial charge in [-0.15, -0.1) is 0 Å². The van der Waals surface area contributed by atoms with Crippen LogP contribution in [0.15, 0.2) is 18.2 Å². The first-order chi connectivity index (χ1) is 9.16. The van der Waals surface area contributed by atoms with Crippen molar-refractivity contribution in [1.82, 2.24) is 4.90 Å². The molecule has 1 aromatic carbocycles. The minimum Gasteiger partial charge on any atom is -0.325 e. The minimum atomic E-state index is -0.0346. The summed E-state index contributed by atoms with van der Waals surface area (Å²) in [5.41, 5.74) is 1.79. The summed E-state index contributed by atoms with van der Waals surface area (Å²) in [5.74, 6) is 0. The zero-order valence-corrected chi connectivity index (χ0v) is 12.2. The minimum absolute atomic E-state index is 0.0346. The van der Waals surface area contributed by atoms with Crippen LogP contribution in [0.25, 0.3) is 0 Å². The van der Waals surface area contributed by atoms with Crippen LogP contribution in [0.3, 0.4) is 0 Å². The monoisotopic (exact) mass is 280 g/mol. The van der Waals surface area contributed by atoms with Gasteiger partial charge in [0, 0.05) is 13.1 Å². The Kier molecular flexibility index (Phi) is 5.08. The maximum absolute atomic E-state index is 12.2. The van der Waals surface area contributed by atoms with E-state index in [-0.39, 0.29) is 6.03 Å². The van der Waals surface area contributed by atoms with Crippen LogP contribution in [-0.2, 0) is 0 Å². The number of nitrogens with zero attached hydrogens (tertiary/aromatic N) is 1. The van der Waals surface area contributed by atoms with Gasteiger partial charge >= 0.3 is 6.03 Å². The molecule has 1 aliphatic rings. The number of hydrogen-bond donors (Lipinski definition) is 1. The first-order valence-electron chi connectivity index (χ1n) is 6.99. The molecule has 0 aromatic heterocycles. The average molecular weight is 281 g/mol. The van der Waals surface area contributed by atoms with E-state index in [1.807, 2.05) is 30.0 Å². The molecule has 0 spiro atoms. The highest BCUT2D eigenvalue weighted by atomic mass is 35.5. The predicted octanol–water partition coefficient (Wildman–Crippen LogP) is 4.45. The number of anilines is 1. The predicted molar refractivity (Wildman–Crippen MR) is 79.9 cm³/mol. The Morgan fingerprint density at radius 3 is 2.42 bits per heavy atom. The molecule has 0 saturated carbocycles. The van der Waals surface area contributed by atoms with Gasteiger partial charge in [-0.3, -0.25) is 0 Å². The summed E-state index contributed by atoms with van der Waals surface area (Å²) in [7, 11) is 0. The van der Waals surface area contributed by atoms with Crippen LogP contribution >= 0.6 is 11.6 Å². The van der Waals surface area contributed by atoms with Gasteiger partial charge in [0.05, 0.1) is 10.7 Å². The molecule has 3 nitrogen and oxygen atoms in total. The third-order valence-electron chi connectivity index (χ3n) is 3.51. The van der Waals surface area contributed by atoms with Gasteiger partial charge in [-0.25, -0.2) is 4.79 Å². The topological polar surface area (TPSA) is 32.3 Å². The molecule has 1 saturated heterocycles. The second-order valence-electron chi connectivity index (χ2n) is 5.17. The van der Waals surface area contributed by atoms with E-state index >= 15 is 0 Å². The molecule has 0 aliphatic carbocycles. The smallest absolute Gasteiger partial charge is 0.321 e. The van der Waals surface area contributed by atoms with Gasteiger partial charge in [-0.05, 0) is 37.5 Å². The van der Waals surface area contributed by atoms with Crippen molar-refractivity contribution < 1.29 is 4.79 Å². The molecule has 1 fully saturated rings. The summed E-state index contributed by atoms with van der Waals surface area (Å²) in [4.78, 5) is 14.1. The van der Waals surface area contributed by atoms with Gasteiger partial charge in [-0.1, -0.05) is 36.9 Å². The van der Waals surface area contributed by atoms with Crippen LogP contribution in [0, 0.1) is 6.92 Å². The Hall–Kier alpha value is -1.22. The lowest BCUT2D eigenvalue weighted by Crippen LogP contribution is -2.37. The molecule has 104 valence electrons. The molecule has 1 heterocycles. The third kappa shape index (κ3) is 4.13. The van der Waals surface area contributed by atoms with Crippen molar-refractivity contribution in [2.24, 2.45) is 0 Å². The fourth-order valence-electron chi connectivity index (χ4n) is 2.37. The molecule has 1 aromatic rings. The molecule has 1 aliphatic heterocycles. The van der Waals surface area contributed by atoms with E-state index in [1.165, 1.54) is 19.3 Å². The summed E-state index contributed by atoms with van der Waals surface area (Å²) in [6.07, 6.45) is 5.91. The molecule has 0 bridgehead atoms. The largest absolute Gasteiger partial charge is 0.325 e. The summed E-state index contributed by atoms with van der Waals surface area (Å²) in [6, 6.07) is 5.65. The van der Waals surface area contributed by atoms with Crippen molar-refractivity contribution in [2.75, 3.05) is 18.4 Å². The molecule has 2 rings (SSSR count). The fourth-order valence-corrected chi connectivity index (χ4v) is 2.65. The zero-order chi connectivity index (χ0) is 13.7. The maximum Gasteiger partial charge on any atom is 0.321 e. The van der Waals surface area contributed by atoms with Gasteiger partial charge in [0.15, 0.2) is 0 Å². The number of nitrogens with one attached hydrogen (secondary N) is 1. The number of urea groups is 1. The second kappa shape index (κ2) is 6.80. The van der Waals surface area contributed by atoms with Gasteiger partial charge in [0.25, 0.3) is 0 Å². The molecule has 19 heavy (non-hydrogen) atoms. The molecule has 4 heteroatoms. The maximum atomic E-state index is 12.2. The Bertz CT molecular complexity index is 440. The number of benzene rings is 1. The number of hydrogen-bond acceptors (Lipinski definition) is 1. The van der Waals surface area contributed by atoms with Crippen molar-refractivity contribution in [3.05, 3.63) is 28.8 Å². The number of rotatable bonds is 1. The number of halogens is 1. The van der Waals surface area contributed by atoms with Crippen molar-refractivity contribution in [3.63, 3.8) is 0 Å². The van der Waals surface area contributed by atoms with E-state index in [9.17, 15) is 4.79 Å². The number of amides is 2. The fraction of sp³-hybridized carbons (Fsp3) is 0.533. The Labute approximate surface area is 119 Å². The summed E-state index contributed by atoms with van der Waals surface area (Å²) in [5, 5.41) is 3.51. The standard InChI is InChI=1S/C15H21ClN2O/c1-12-7-8-14(13(16)11-12)17-15(19)18-9-5-3-2-4-6-10-18/h7-8,11H,2-6,9-10H2,1H3,(H,17,19). The normalized spacial score (nSPS) is 16.6. The average Bonchev–Trinajstić information content (AvgIpc) is 2.32. The van der Waals surface area contributed by atoms with Crippen LogP contribution in [0.1, 0.15) is 37.7 Å². The summed E-state index contributed by atoms with van der Waals surface area (Å²) < 4.78 is 0. The third-order valence-corrected chi connectivity index (χ3v) is 3.82. The summed E-state index contributed by atoms with van der Waals surface area (Å²) in [6.45, 7) is 3.67. The molecule has 0 atom stereocenters. The molecule has 1 N–H and O–H groups in total. The summed E-state index contributed by atoms with van der Waals surface area (Å²) >= 11 is 6.14. The van der Waals surface area contributed by atoms with Crippen LogP contribution in [0.4, 0.5) is 10.5 Å². The number of likely N-dealkylation sites (tertiary alicyclic amines) is 1. The van der Waals surface area contributed by atoms with Crippen LogP contribution in [0.5, 0.6) is 0 Å². The van der Waals surface area contributed by atoms with E-state index in [4.69, 9.17) is 11.6 Å². The molecule has 0 radical (unpaired) electrons. The number of aryl methyl sites for hydroxylation is 1. The lowest BCUT2D eigenvalue weighted by molar-refractivity contribution is 0.206. The molecule has 0 unspecified atom stereocenters. The Morgan fingerprint density at radius 2 is 1.79 bits per heavy atom. The highest BCUT2D eigenvalue weighted by Crippen LogP contribution is 2.23. The Morgan fingerprint density at radius 1 is 1.16 bits per heavy atom. The van der Waals surface area contributed by atoms with Crippen molar-refractivity contribution in [3.8, 4) is 0 Å². The van der Waals surface area contributed by atoms with Crippen LogP contribution in [-0.4, -0.2) is 24.0 Å². The first kappa shape index (κ1) is 14.2. The van der Waals surface area contributed by atoms with Gasteiger partial charge in [0.1, 0.15) is 0 Å². The van der Waals surface area contributed by atoms with Gasteiger partial charge in [0.2, 0.25) is 0 Å². The van der Waals surface area contributed by atoms with Crippen LogP contribution < -0.4 is 5.32 Å². The number of carbonyl (C=O) groups excluding carboxylic acids is 1. The van der Waals surface area contributed by atoms with E-state index in [2.05, 4.69) is 5.32 Å². The van der Waals surface area contributed by atoms with E-state index in [0.29, 0.717) is 10.7 Å². The second-order valence-corrected chi connectivity index (χ2v) is 5.58. The highest BCUT2D eigenvalue weighted by molar-refractivity contribution is 6.33. The number of carbonyl (C=O) groups is 1. The lowest BCUT2D eigenvalue weighted by atomic mass is 10.1. The quantitative estimate of drug-likeness (QED) is 0.810. The molecular formula is C15H21ClN2O. The van der Waals surface area contributed by atoms with E-state index in [1.54, 1.807) is 0 Å². The SMILES string of the molecule is Cc1ccc(NC(=O)N2CCCCCCC2)c(Cl)c1. The van der Waals surface area contributed by atoms with Gasteiger partial charge < -0.3 is 10.2 Å². The molecular weight excluding hydrogens is 260 g/mol. The van der Waals surface area contributed by atoms with Crippen LogP contribution in [0.2, 0.25) is 5.02 Å². The highest BCUT2D eigenvalue weighted by Gasteiger charge is 2.15. The van der Waals surface area contributed by atoms with E-state index in [0.717, 1.165) is 31.5 Å². The molecule has 2 amide bonds. The first-order valence-corrected chi connectivity index (χ1v) is 7.37. The Balaban J connectivity index is 1.98. The zero-order valence-electron chi connectivity index (χ0n) is 11.4. The van der Waals surface area contributed by atoms with Crippen molar-refractivity contribution in [1.29, 1.82) is 0 Å². The van der Waals surface area contributed by atoms with Crippen molar-refractivity contribution in [2.45, 2.75) is 39.0 Å². The van der Waals surface area contributed by atoms with Gasteiger partial charge in [-0.2, -0.15) is 0 Å². The van der Waals surface area contributed by atoms with Crippen molar-refractivity contribution >= 4 is 23.3 Å². The lowest BCUT2D eigenvalue weighted by Gasteiger charge is -2.25.